The number of piperidine rings is 1. The highest BCUT2D eigenvalue weighted by Gasteiger charge is 2.27. The molecule has 2 aliphatic rings. The molecule has 4 rings (SSSR count). The van der Waals surface area contributed by atoms with Crippen molar-refractivity contribution in [2.24, 2.45) is 5.73 Å². The summed E-state index contributed by atoms with van der Waals surface area (Å²) in [5.74, 6) is -0.678. The number of primary amides is 1. The van der Waals surface area contributed by atoms with Gasteiger partial charge in [0.05, 0.1) is 23.3 Å². The number of aromatic nitrogens is 1. The van der Waals surface area contributed by atoms with Crippen LogP contribution in [0.25, 0.3) is 0 Å². The Morgan fingerprint density at radius 1 is 1.23 bits per heavy atom. The predicted octanol–water partition coefficient (Wildman–Crippen LogP) is 2.32. The number of rotatable bonds is 6. The van der Waals surface area contributed by atoms with Gasteiger partial charge in [0.2, 0.25) is 5.91 Å². The maximum atomic E-state index is 12.6. The van der Waals surface area contributed by atoms with Crippen LogP contribution in [-0.4, -0.2) is 53.3 Å². The van der Waals surface area contributed by atoms with Crippen molar-refractivity contribution >= 4 is 45.4 Å². The minimum absolute atomic E-state index is 0.0724. The minimum atomic E-state index is -0.470. The van der Waals surface area contributed by atoms with Crippen LogP contribution in [0.5, 0.6) is 0 Å². The van der Waals surface area contributed by atoms with Gasteiger partial charge in [0.1, 0.15) is 9.88 Å². The standard InChI is InChI=1S/C21H27N5O3S2/c1-12-18(30-11-23-12)20(29)24-13-6-8-26(9-7-13)10-16(27)25-21-17(19(22)28)14-4-2-3-5-15(14)31-21/h11,13H,2-10H2,1H3,(H2,22,28)(H,24,29)(H,25,27). The van der Waals surface area contributed by atoms with Crippen LogP contribution in [0.1, 0.15) is 61.8 Å². The van der Waals surface area contributed by atoms with Gasteiger partial charge in [-0.25, -0.2) is 4.98 Å². The highest BCUT2D eigenvalue weighted by atomic mass is 32.1. The van der Waals surface area contributed by atoms with Crippen LogP contribution in [0, 0.1) is 6.92 Å². The molecule has 3 heterocycles. The zero-order valence-electron chi connectivity index (χ0n) is 17.5. The lowest BCUT2D eigenvalue weighted by Gasteiger charge is -2.31. The van der Waals surface area contributed by atoms with E-state index in [1.807, 2.05) is 6.92 Å². The van der Waals surface area contributed by atoms with Gasteiger partial charge in [0.25, 0.3) is 11.8 Å². The summed E-state index contributed by atoms with van der Waals surface area (Å²) in [6.45, 7) is 3.54. The highest BCUT2D eigenvalue weighted by molar-refractivity contribution is 7.17. The second kappa shape index (κ2) is 9.46. The number of anilines is 1. The Balaban J connectivity index is 1.29. The van der Waals surface area contributed by atoms with E-state index in [-0.39, 0.29) is 24.4 Å². The first-order chi connectivity index (χ1) is 14.9. The molecule has 0 aromatic carbocycles. The number of fused-ring (bicyclic) bond motifs is 1. The first-order valence-electron chi connectivity index (χ1n) is 10.6. The number of hydrogen-bond donors (Lipinski definition) is 3. The third-order valence-corrected chi connectivity index (χ3v) is 8.05. The summed E-state index contributed by atoms with van der Waals surface area (Å²) in [5, 5.41) is 6.59. The van der Waals surface area contributed by atoms with E-state index in [0.29, 0.717) is 15.4 Å². The summed E-state index contributed by atoms with van der Waals surface area (Å²) >= 11 is 2.84. The molecular formula is C21H27N5O3S2. The van der Waals surface area contributed by atoms with Crippen LogP contribution in [0.4, 0.5) is 5.00 Å². The summed E-state index contributed by atoms with van der Waals surface area (Å²) in [7, 11) is 0. The molecule has 1 fully saturated rings. The molecule has 0 spiro atoms. The summed E-state index contributed by atoms with van der Waals surface area (Å²) in [5.41, 5.74) is 9.56. The number of nitrogens with one attached hydrogen (secondary N) is 2. The van der Waals surface area contributed by atoms with Crippen LogP contribution in [0.3, 0.4) is 0 Å². The van der Waals surface area contributed by atoms with Gasteiger partial charge in [0, 0.05) is 24.0 Å². The summed E-state index contributed by atoms with van der Waals surface area (Å²) < 4.78 is 0. The smallest absolute Gasteiger partial charge is 0.263 e. The van der Waals surface area contributed by atoms with Gasteiger partial charge in [-0.15, -0.1) is 22.7 Å². The first-order valence-corrected chi connectivity index (χ1v) is 12.3. The number of nitrogens with two attached hydrogens (primary N) is 1. The van der Waals surface area contributed by atoms with Crippen molar-refractivity contribution in [3.8, 4) is 0 Å². The number of thiophene rings is 1. The fraction of sp³-hybridized carbons (Fsp3) is 0.524. The van der Waals surface area contributed by atoms with Gasteiger partial charge in [-0.2, -0.15) is 0 Å². The van der Waals surface area contributed by atoms with Crippen molar-refractivity contribution in [1.29, 1.82) is 0 Å². The molecule has 3 amide bonds. The Bertz CT molecular complexity index is 991. The van der Waals surface area contributed by atoms with E-state index in [0.717, 1.165) is 62.9 Å². The zero-order chi connectivity index (χ0) is 22.0. The third-order valence-electron chi connectivity index (χ3n) is 5.91. The lowest BCUT2D eigenvalue weighted by atomic mass is 9.95. The summed E-state index contributed by atoms with van der Waals surface area (Å²) in [6, 6.07) is 0.0961. The van der Waals surface area contributed by atoms with Crippen molar-refractivity contribution in [2.45, 2.75) is 51.5 Å². The second-order valence-corrected chi connectivity index (χ2v) is 10.1. The van der Waals surface area contributed by atoms with Crippen molar-refractivity contribution in [1.82, 2.24) is 15.2 Å². The average Bonchev–Trinajstić information content (AvgIpc) is 3.32. The van der Waals surface area contributed by atoms with E-state index in [1.165, 1.54) is 27.6 Å². The topological polar surface area (TPSA) is 117 Å². The lowest BCUT2D eigenvalue weighted by Crippen LogP contribution is -2.46. The molecule has 1 aliphatic heterocycles. The van der Waals surface area contributed by atoms with E-state index in [2.05, 4.69) is 20.5 Å². The fourth-order valence-corrected chi connectivity index (χ4v) is 6.31. The molecule has 0 saturated carbocycles. The Hall–Kier alpha value is -2.30. The van der Waals surface area contributed by atoms with Gasteiger partial charge in [0.15, 0.2) is 0 Å². The summed E-state index contributed by atoms with van der Waals surface area (Å²) in [6.07, 6.45) is 5.52. The highest BCUT2D eigenvalue weighted by Crippen LogP contribution is 2.37. The molecule has 10 heteroatoms. The van der Waals surface area contributed by atoms with Crippen LogP contribution in [0.2, 0.25) is 0 Å². The molecule has 2 aromatic heterocycles. The normalized spacial score (nSPS) is 17.2. The van der Waals surface area contributed by atoms with Crippen LogP contribution >= 0.6 is 22.7 Å². The quantitative estimate of drug-likeness (QED) is 0.610. The van der Waals surface area contributed by atoms with Crippen molar-refractivity contribution in [3.63, 3.8) is 0 Å². The molecule has 0 unspecified atom stereocenters. The molecule has 0 radical (unpaired) electrons. The Labute approximate surface area is 189 Å². The molecule has 166 valence electrons. The average molecular weight is 462 g/mol. The Morgan fingerprint density at radius 3 is 2.65 bits per heavy atom. The second-order valence-electron chi connectivity index (χ2n) is 8.12. The fourth-order valence-electron chi connectivity index (χ4n) is 4.29. The van der Waals surface area contributed by atoms with Crippen molar-refractivity contribution in [2.75, 3.05) is 25.0 Å². The monoisotopic (exact) mass is 461 g/mol. The molecule has 0 bridgehead atoms. The van der Waals surface area contributed by atoms with E-state index < -0.39 is 5.91 Å². The van der Waals surface area contributed by atoms with Gasteiger partial charge in [-0.1, -0.05) is 0 Å². The third kappa shape index (κ3) is 4.97. The number of hydrogen-bond acceptors (Lipinski definition) is 7. The number of carbonyl (C=O) groups excluding carboxylic acids is 3. The zero-order valence-corrected chi connectivity index (χ0v) is 19.2. The Morgan fingerprint density at radius 2 is 1.97 bits per heavy atom. The first kappa shape index (κ1) is 21.9. The minimum Gasteiger partial charge on any atom is -0.365 e. The molecule has 2 aromatic rings. The maximum absolute atomic E-state index is 12.6. The van der Waals surface area contributed by atoms with Gasteiger partial charge in [-0.3, -0.25) is 19.3 Å². The number of likely N-dealkylation sites (tertiary alicyclic amines) is 1. The largest absolute Gasteiger partial charge is 0.365 e. The molecule has 1 aliphatic carbocycles. The van der Waals surface area contributed by atoms with E-state index in [1.54, 1.807) is 5.51 Å². The van der Waals surface area contributed by atoms with E-state index in [4.69, 9.17) is 5.73 Å². The van der Waals surface area contributed by atoms with Gasteiger partial charge in [-0.05, 0) is 51.0 Å². The lowest BCUT2D eigenvalue weighted by molar-refractivity contribution is -0.117. The molecule has 1 saturated heterocycles. The van der Waals surface area contributed by atoms with Crippen LogP contribution in [0.15, 0.2) is 5.51 Å². The molecule has 31 heavy (non-hydrogen) atoms. The van der Waals surface area contributed by atoms with Crippen LogP contribution in [-0.2, 0) is 17.6 Å². The number of thiazole rings is 1. The number of nitrogens with zero attached hydrogens (tertiary/aromatic N) is 2. The van der Waals surface area contributed by atoms with Gasteiger partial charge >= 0.3 is 0 Å². The van der Waals surface area contributed by atoms with E-state index >= 15 is 0 Å². The molecular weight excluding hydrogens is 434 g/mol. The number of amides is 3. The summed E-state index contributed by atoms with van der Waals surface area (Å²) in [4.78, 5) is 45.0. The molecule has 0 atom stereocenters. The number of carbonyl (C=O) groups is 3. The van der Waals surface area contributed by atoms with Crippen molar-refractivity contribution < 1.29 is 14.4 Å². The van der Waals surface area contributed by atoms with Crippen molar-refractivity contribution in [3.05, 3.63) is 32.1 Å². The van der Waals surface area contributed by atoms with Crippen LogP contribution < -0.4 is 16.4 Å². The molecule has 8 nitrogen and oxygen atoms in total. The Kier molecular flexibility index (Phi) is 6.68. The number of aryl methyl sites for hydroxylation is 2. The van der Waals surface area contributed by atoms with E-state index in [9.17, 15) is 14.4 Å². The SMILES string of the molecule is Cc1ncsc1C(=O)NC1CCN(CC(=O)Nc2sc3c(c2C(N)=O)CCCC3)CC1. The molecule has 4 N–H and O–H groups in total. The predicted molar refractivity (Wildman–Crippen MR) is 122 cm³/mol. The maximum Gasteiger partial charge on any atom is 0.263 e. The van der Waals surface area contributed by atoms with Gasteiger partial charge < -0.3 is 16.4 Å².